The van der Waals surface area contributed by atoms with Crippen LogP contribution in [0.1, 0.15) is 11.6 Å². The highest BCUT2D eigenvalue weighted by Gasteiger charge is 2.19. The first kappa shape index (κ1) is 14.1. The third kappa shape index (κ3) is 3.03. The number of H-pyrrole nitrogens is 1. The monoisotopic (exact) mass is 308 g/mol. The van der Waals surface area contributed by atoms with E-state index in [4.69, 9.17) is 4.98 Å². The Balaban J connectivity index is 1.42. The van der Waals surface area contributed by atoms with Crippen LogP contribution >= 0.6 is 0 Å². The van der Waals surface area contributed by atoms with Gasteiger partial charge in [0, 0.05) is 31.6 Å². The second kappa shape index (κ2) is 5.96. The first-order chi connectivity index (χ1) is 11.3. The lowest BCUT2D eigenvalue weighted by Crippen LogP contribution is -2.46. The topological polar surface area (TPSA) is 60.9 Å². The van der Waals surface area contributed by atoms with Crippen molar-refractivity contribution in [3.63, 3.8) is 0 Å². The lowest BCUT2D eigenvalue weighted by molar-refractivity contribution is 0.244. The normalized spacial score (nSPS) is 16.1. The molecule has 4 rings (SSSR count). The summed E-state index contributed by atoms with van der Waals surface area (Å²) in [7, 11) is 0. The molecule has 6 nitrogen and oxygen atoms in total. The molecule has 2 aromatic heterocycles. The molecule has 1 aliphatic heterocycles. The van der Waals surface area contributed by atoms with Gasteiger partial charge < -0.3 is 4.90 Å². The first-order valence-corrected chi connectivity index (χ1v) is 7.99. The molecule has 0 spiro atoms. The van der Waals surface area contributed by atoms with Crippen molar-refractivity contribution in [3.8, 4) is 0 Å². The number of piperazine rings is 1. The van der Waals surface area contributed by atoms with Gasteiger partial charge in [0.1, 0.15) is 11.6 Å². The van der Waals surface area contributed by atoms with E-state index in [9.17, 15) is 0 Å². The van der Waals surface area contributed by atoms with Gasteiger partial charge in [0.2, 0.25) is 0 Å². The van der Waals surface area contributed by atoms with Crippen LogP contribution in [0.25, 0.3) is 10.9 Å². The molecule has 3 heterocycles. The van der Waals surface area contributed by atoms with E-state index in [0.29, 0.717) is 0 Å². The maximum absolute atomic E-state index is 4.79. The first-order valence-electron chi connectivity index (χ1n) is 7.99. The molecule has 1 aliphatic rings. The highest BCUT2D eigenvalue weighted by Crippen LogP contribution is 2.19. The summed E-state index contributed by atoms with van der Waals surface area (Å²) in [5.74, 6) is 2.82. The van der Waals surface area contributed by atoms with Crippen LogP contribution in [0.4, 0.5) is 5.82 Å². The summed E-state index contributed by atoms with van der Waals surface area (Å²) in [6.07, 6.45) is 0. The summed E-state index contributed by atoms with van der Waals surface area (Å²) in [6.45, 7) is 6.71. The lowest BCUT2D eigenvalue weighted by atomic mass is 10.2. The summed E-state index contributed by atoms with van der Waals surface area (Å²) < 4.78 is 0. The summed E-state index contributed by atoms with van der Waals surface area (Å²) in [5, 5.41) is 8.31. The van der Waals surface area contributed by atoms with Crippen molar-refractivity contribution in [3.05, 3.63) is 48.0 Å². The fourth-order valence-corrected chi connectivity index (χ4v) is 3.03. The number of nitrogens with zero attached hydrogens (tertiary/aromatic N) is 5. The SMILES string of the molecule is Cc1nc(CN2CCN(c3ccc4ccccc4n3)CC2)n[nH]1. The summed E-state index contributed by atoms with van der Waals surface area (Å²) in [4.78, 5) is 13.9. The smallest absolute Gasteiger partial charge is 0.164 e. The maximum atomic E-state index is 4.79. The van der Waals surface area contributed by atoms with E-state index in [2.05, 4.69) is 49.2 Å². The molecule has 1 saturated heterocycles. The lowest BCUT2D eigenvalue weighted by Gasteiger charge is -2.34. The second-order valence-electron chi connectivity index (χ2n) is 5.96. The van der Waals surface area contributed by atoms with Crippen molar-refractivity contribution in [2.45, 2.75) is 13.5 Å². The zero-order valence-electron chi connectivity index (χ0n) is 13.2. The van der Waals surface area contributed by atoms with Gasteiger partial charge >= 0.3 is 0 Å². The number of hydrogen-bond acceptors (Lipinski definition) is 5. The molecule has 0 aliphatic carbocycles. The molecule has 118 valence electrons. The molecule has 0 radical (unpaired) electrons. The summed E-state index contributed by atoms with van der Waals surface area (Å²) >= 11 is 0. The number of benzene rings is 1. The highest BCUT2D eigenvalue weighted by molar-refractivity contribution is 5.80. The average molecular weight is 308 g/mol. The molecule has 23 heavy (non-hydrogen) atoms. The van der Waals surface area contributed by atoms with Crippen LogP contribution in [0.2, 0.25) is 0 Å². The van der Waals surface area contributed by atoms with Gasteiger partial charge in [-0.05, 0) is 25.1 Å². The predicted octanol–water partition coefficient (Wildman–Crippen LogP) is 1.98. The Hall–Kier alpha value is -2.47. The van der Waals surface area contributed by atoms with E-state index in [-0.39, 0.29) is 0 Å². The number of aromatic nitrogens is 4. The summed E-state index contributed by atoms with van der Waals surface area (Å²) in [5.41, 5.74) is 1.06. The van der Waals surface area contributed by atoms with Gasteiger partial charge in [-0.15, -0.1) is 0 Å². The standard InChI is InChI=1S/C17H20N6/c1-13-18-16(21-20-13)12-22-8-10-23(11-9-22)17-7-6-14-4-2-3-5-15(14)19-17/h2-7H,8-12H2,1H3,(H,18,20,21). The van der Waals surface area contributed by atoms with Gasteiger partial charge in [-0.25, -0.2) is 9.97 Å². The Bertz CT molecular complexity index is 803. The largest absolute Gasteiger partial charge is 0.354 e. The fourth-order valence-electron chi connectivity index (χ4n) is 3.03. The van der Waals surface area contributed by atoms with Gasteiger partial charge in [-0.3, -0.25) is 10.00 Å². The molecule has 0 bridgehead atoms. The van der Waals surface area contributed by atoms with Gasteiger partial charge in [0.15, 0.2) is 5.82 Å². The van der Waals surface area contributed by atoms with Gasteiger partial charge in [0.05, 0.1) is 12.1 Å². The van der Waals surface area contributed by atoms with Crippen molar-refractivity contribution < 1.29 is 0 Å². The minimum Gasteiger partial charge on any atom is -0.354 e. The van der Waals surface area contributed by atoms with Crippen molar-refractivity contribution in [2.75, 3.05) is 31.1 Å². The Morgan fingerprint density at radius 3 is 2.61 bits per heavy atom. The van der Waals surface area contributed by atoms with E-state index < -0.39 is 0 Å². The van der Waals surface area contributed by atoms with E-state index in [1.54, 1.807) is 0 Å². The molecule has 0 atom stereocenters. The second-order valence-corrected chi connectivity index (χ2v) is 5.96. The van der Waals surface area contributed by atoms with Crippen LogP contribution < -0.4 is 4.90 Å². The number of hydrogen-bond donors (Lipinski definition) is 1. The molecule has 1 aromatic carbocycles. The molecule has 1 fully saturated rings. The van der Waals surface area contributed by atoms with Crippen molar-refractivity contribution in [2.24, 2.45) is 0 Å². The van der Waals surface area contributed by atoms with Crippen LogP contribution in [-0.2, 0) is 6.54 Å². The molecule has 0 saturated carbocycles. The Labute approximate surface area is 135 Å². The number of aryl methyl sites for hydroxylation is 1. The Morgan fingerprint density at radius 2 is 1.83 bits per heavy atom. The van der Waals surface area contributed by atoms with Crippen molar-refractivity contribution >= 4 is 16.7 Å². The number of pyridine rings is 1. The molecule has 3 aromatic rings. The van der Waals surface area contributed by atoms with Gasteiger partial charge in [-0.2, -0.15) is 5.10 Å². The number of aromatic amines is 1. The van der Waals surface area contributed by atoms with E-state index >= 15 is 0 Å². The summed E-state index contributed by atoms with van der Waals surface area (Å²) in [6, 6.07) is 12.5. The third-order valence-corrected chi connectivity index (χ3v) is 4.29. The maximum Gasteiger partial charge on any atom is 0.164 e. The van der Waals surface area contributed by atoms with Gasteiger partial charge in [-0.1, -0.05) is 18.2 Å². The number of anilines is 1. The number of nitrogens with one attached hydrogen (secondary N) is 1. The molecular weight excluding hydrogens is 288 g/mol. The highest BCUT2D eigenvalue weighted by atomic mass is 15.3. The van der Waals surface area contributed by atoms with Crippen LogP contribution in [0, 0.1) is 6.92 Å². The van der Waals surface area contributed by atoms with Crippen molar-refractivity contribution in [1.82, 2.24) is 25.1 Å². The molecule has 0 amide bonds. The number of para-hydroxylation sites is 1. The third-order valence-electron chi connectivity index (χ3n) is 4.29. The minimum absolute atomic E-state index is 0.809. The average Bonchev–Trinajstić information content (AvgIpc) is 3.00. The molecule has 1 N–H and O–H groups in total. The predicted molar refractivity (Wildman–Crippen MR) is 90.4 cm³/mol. The Kier molecular flexibility index (Phi) is 3.67. The number of rotatable bonds is 3. The zero-order chi connectivity index (χ0) is 15.6. The van der Waals surface area contributed by atoms with Crippen LogP contribution in [0.5, 0.6) is 0 Å². The Morgan fingerprint density at radius 1 is 1.00 bits per heavy atom. The van der Waals surface area contributed by atoms with E-state index in [1.807, 2.05) is 19.1 Å². The fraction of sp³-hybridized carbons (Fsp3) is 0.353. The van der Waals surface area contributed by atoms with Crippen LogP contribution in [0.3, 0.4) is 0 Å². The van der Waals surface area contributed by atoms with Crippen molar-refractivity contribution in [1.29, 1.82) is 0 Å². The van der Waals surface area contributed by atoms with E-state index in [1.165, 1.54) is 5.39 Å². The number of fused-ring (bicyclic) bond motifs is 1. The molecule has 6 heteroatoms. The van der Waals surface area contributed by atoms with Gasteiger partial charge in [0.25, 0.3) is 0 Å². The quantitative estimate of drug-likeness (QED) is 0.802. The van der Waals surface area contributed by atoms with E-state index in [0.717, 1.165) is 55.7 Å². The van der Waals surface area contributed by atoms with Crippen LogP contribution in [0.15, 0.2) is 36.4 Å². The van der Waals surface area contributed by atoms with Crippen LogP contribution in [-0.4, -0.2) is 51.2 Å². The zero-order valence-corrected chi connectivity index (χ0v) is 13.2. The molecular formula is C17H20N6. The minimum atomic E-state index is 0.809. The molecule has 0 unspecified atom stereocenters.